The van der Waals surface area contributed by atoms with E-state index in [4.69, 9.17) is 0 Å². The molecule has 6 heteroatoms. The number of hydrogen-bond donors (Lipinski definition) is 0. The van der Waals surface area contributed by atoms with E-state index in [9.17, 15) is 13.2 Å². The fraction of sp³-hybridized carbons (Fsp3) is 0.381. The van der Waals surface area contributed by atoms with Crippen molar-refractivity contribution in [2.45, 2.75) is 34.2 Å². The van der Waals surface area contributed by atoms with E-state index in [1.165, 1.54) is 10.6 Å². The van der Waals surface area contributed by atoms with Gasteiger partial charge in [-0.25, -0.2) is 8.42 Å². The van der Waals surface area contributed by atoms with Crippen LogP contribution in [0.5, 0.6) is 0 Å². The number of amides is 1. The molecule has 2 aromatic carbocycles. The minimum Gasteiger partial charge on any atom is -0.339 e. The molecule has 0 radical (unpaired) electrons. The summed E-state index contributed by atoms with van der Waals surface area (Å²) in [5.41, 5.74) is 4.03. The second kappa shape index (κ2) is 8.57. The van der Waals surface area contributed by atoms with E-state index in [0.29, 0.717) is 24.3 Å². The molecule has 0 fully saturated rings. The Morgan fingerprint density at radius 3 is 2.07 bits per heavy atom. The fourth-order valence-electron chi connectivity index (χ4n) is 2.98. The first-order valence-corrected chi connectivity index (χ1v) is 10.9. The molecule has 0 aromatic heterocycles. The van der Waals surface area contributed by atoms with Gasteiger partial charge in [-0.2, -0.15) is 0 Å². The lowest BCUT2D eigenvalue weighted by Crippen LogP contribution is -2.31. The van der Waals surface area contributed by atoms with Gasteiger partial charge in [-0.1, -0.05) is 24.3 Å². The Kier molecular flexibility index (Phi) is 6.65. The number of aryl methyl sites for hydroxylation is 2. The SMILES string of the molecule is CCN(CC)C(=O)c1ccc(CN(c2cc(C)ccc2C)S(C)(=O)=O)cc1. The van der Waals surface area contributed by atoms with Crippen molar-refractivity contribution < 1.29 is 13.2 Å². The van der Waals surface area contributed by atoms with Crippen LogP contribution in [-0.2, 0) is 16.6 Å². The zero-order chi connectivity index (χ0) is 20.2. The van der Waals surface area contributed by atoms with Crippen LogP contribution in [-0.4, -0.2) is 38.6 Å². The third-order valence-electron chi connectivity index (χ3n) is 4.61. The summed E-state index contributed by atoms with van der Waals surface area (Å²) in [5.74, 6) is -0.0129. The van der Waals surface area contributed by atoms with Crippen molar-refractivity contribution in [1.82, 2.24) is 4.90 Å². The van der Waals surface area contributed by atoms with Gasteiger partial charge in [0.05, 0.1) is 18.5 Å². The van der Waals surface area contributed by atoms with Gasteiger partial charge in [-0.15, -0.1) is 0 Å². The number of sulfonamides is 1. The number of carbonyl (C=O) groups excluding carboxylic acids is 1. The van der Waals surface area contributed by atoms with E-state index < -0.39 is 10.0 Å². The molecule has 146 valence electrons. The molecule has 27 heavy (non-hydrogen) atoms. The lowest BCUT2D eigenvalue weighted by molar-refractivity contribution is 0.0773. The summed E-state index contributed by atoms with van der Waals surface area (Å²) in [6, 6.07) is 12.9. The first kappa shape index (κ1) is 21.0. The fourth-order valence-corrected chi connectivity index (χ4v) is 3.92. The van der Waals surface area contributed by atoms with Crippen molar-refractivity contribution in [3.8, 4) is 0 Å². The number of nitrogens with zero attached hydrogens (tertiary/aromatic N) is 2. The second-order valence-electron chi connectivity index (χ2n) is 6.73. The van der Waals surface area contributed by atoms with Crippen molar-refractivity contribution in [3.63, 3.8) is 0 Å². The number of carbonyl (C=O) groups is 1. The van der Waals surface area contributed by atoms with Crippen LogP contribution in [0.25, 0.3) is 0 Å². The van der Waals surface area contributed by atoms with Gasteiger partial charge < -0.3 is 4.90 Å². The average Bonchev–Trinajstić information content (AvgIpc) is 2.62. The Hall–Kier alpha value is -2.34. The predicted octanol–water partition coefficient (Wildman–Crippen LogP) is 3.75. The highest BCUT2D eigenvalue weighted by atomic mass is 32.2. The van der Waals surface area contributed by atoms with Gasteiger partial charge in [0, 0.05) is 18.7 Å². The number of hydrogen-bond acceptors (Lipinski definition) is 3. The smallest absolute Gasteiger partial charge is 0.253 e. The third-order valence-corrected chi connectivity index (χ3v) is 5.74. The van der Waals surface area contributed by atoms with Gasteiger partial charge in [0.15, 0.2) is 0 Å². The molecule has 1 amide bonds. The first-order chi connectivity index (χ1) is 12.7. The molecule has 0 saturated heterocycles. The maximum atomic E-state index is 12.4. The summed E-state index contributed by atoms with van der Waals surface area (Å²) in [7, 11) is -3.45. The quantitative estimate of drug-likeness (QED) is 0.726. The van der Waals surface area contributed by atoms with E-state index in [0.717, 1.165) is 16.7 Å². The van der Waals surface area contributed by atoms with Crippen LogP contribution in [0, 0.1) is 13.8 Å². The monoisotopic (exact) mass is 388 g/mol. The molecule has 2 aromatic rings. The van der Waals surface area contributed by atoms with Gasteiger partial charge in [-0.05, 0) is 62.6 Å². The Bertz CT molecular complexity index is 902. The van der Waals surface area contributed by atoms with Crippen molar-refractivity contribution in [3.05, 3.63) is 64.7 Å². The molecule has 5 nitrogen and oxygen atoms in total. The molecular formula is C21H28N2O3S. The highest BCUT2D eigenvalue weighted by Crippen LogP contribution is 2.26. The Morgan fingerprint density at radius 1 is 0.963 bits per heavy atom. The minimum absolute atomic E-state index is 0.0129. The second-order valence-corrected chi connectivity index (χ2v) is 8.64. The van der Waals surface area contributed by atoms with E-state index in [-0.39, 0.29) is 12.5 Å². The molecule has 0 saturated carbocycles. The highest BCUT2D eigenvalue weighted by Gasteiger charge is 2.20. The average molecular weight is 389 g/mol. The van der Waals surface area contributed by atoms with E-state index in [1.807, 2.05) is 58.0 Å². The molecule has 0 spiro atoms. The molecule has 0 bridgehead atoms. The molecule has 0 unspecified atom stereocenters. The van der Waals surface area contributed by atoms with Crippen LogP contribution in [0.1, 0.15) is 40.9 Å². The summed E-state index contributed by atoms with van der Waals surface area (Å²) in [6.45, 7) is 9.28. The van der Waals surface area contributed by atoms with Gasteiger partial charge in [0.2, 0.25) is 10.0 Å². The van der Waals surface area contributed by atoms with Gasteiger partial charge in [0.25, 0.3) is 5.91 Å². The lowest BCUT2D eigenvalue weighted by atomic mass is 10.1. The van der Waals surface area contributed by atoms with Crippen LogP contribution in [0.15, 0.2) is 42.5 Å². The maximum Gasteiger partial charge on any atom is 0.253 e. The van der Waals surface area contributed by atoms with Gasteiger partial charge in [-0.3, -0.25) is 9.10 Å². The molecule has 0 atom stereocenters. The molecular weight excluding hydrogens is 360 g/mol. The molecule has 0 aliphatic rings. The van der Waals surface area contributed by atoms with E-state index in [2.05, 4.69) is 0 Å². The zero-order valence-corrected chi connectivity index (χ0v) is 17.5. The van der Waals surface area contributed by atoms with Crippen LogP contribution in [0.2, 0.25) is 0 Å². The van der Waals surface area contributed by atoms with Crippen molar-refractivity contribution >= 4 is 21.6 Å². The van der Waals surface area contributed by atoms with Crippen LogP contribution < -0.4 is 4.31 Å². The number of rotatable bonds is 7. The van der Waals surface area contributed by atoms with Crippen LogP contribution in [0.4, 0.5) is 5.69 Å². The van der Waals surface area contributed by atoms with Gasteiger partial charge >= 0.3 is 0 Å². The first-order valence-electron chi connectivity index (χ1n) is 9.10. The summed E-state index contributed by atoms with van der Waals surface area (Å²) in [5, 5.41) is 0. The third kappa shape index (κ3) is 5.10. The maximum absolute atomic E-state index is 12.4. The van der Waals surface area contributed by atoms with Crippen LogP contribution >= 0.6 is 0 Å². The predicted molar refractivity (Wildman–Crippen MR) is 111 cm³/mol. The summed E-state index contributed by atoms with van der Waals surface area (Å²) in [6.07, 6.45) is 1.22. The van der Waals surface area contributed by atoms with E-state index in [1.54, 1.807) is 17.0 Å². The number of anilines is 1. The Balaban J connectivity index is 2.32. The summed E-state index contributed by atoms with van der Waals surface area (Å²) < 4.78 is 26.2. The normalized spacial score (nSPS) is 11.3. The van der Waals surface area contributed by atoms with Crippen molar-refractivity contribution in [2.24, 2.45) is 0 Å². The minimum atomic E-state index is -3.45. The highest BCUT2D eigenvalue weighted by molar-refractivity contribution is 7.92. The molecule has 2 rings (SSSR count). The summed E-state index contributed by atoms with van der Waals surface area (Å²) >= 11 is 0. The molecule has 0 heterocycles. The Morgan fingerprint density at radius 2 is 1.56 bits per heavy atom. The Labute approximate surface area is 162 Å². The standard InChI is InChI=1S/C21H28N2O3S/c1-6-22(7-2)21(24)19-12-10-18(11-13-19)15-23(27(5,25)26)20-14-16(3)8-9-17(20)4/h8-14H,6-7,15H2,1-5H3. The molecule has 0 aliphatic heterocycles. The summed E-state index contributed by atoms with van der Waals surface area (Å²) in [4.78, 5) is 14.2. The molecule has 0 N–H and O–H groups in total. The largest absolute Gasteiger partial charge is 0.339 e. The topological polar surface area (TPSA) is 57.7 Å². The van der Waals surface area contributed by atoms with Gasteiger partial charge in [0.1, 0.15) is 0 Å². The van der Waals surface area contributed by atoms with Crippen LogP contribution in [0.3, 0.4) is 0 Å². The zero-order valence-electron chi connectivity index (χ0n) is 16.7. The lowest BCUT2D eigenvalue weighted by Gasteiger charge is -2.25. The van der Waals surface area contributed by atoms with Crippen molar-refractivity contribution in [1.29, 1.82) is 0 Å². The van der Waals surface area contributed by atoms with Crippen molar-refractivity contribution in [2.75, 3.05) is 23.7 Å². The number of benzene rings is 2. The molecule has 0 aliphatic carbocycles. The van der Waals surface area contributed by atoms with E-state index >= 15 is 0 Å².